The fraction of sp³-hybridized carbons (Fsp3) is 0.194. The summed E-state index contributed by atoms with van der Waals surface area (Å²) >= 11 is 0. The molecular formula is C31H29N3O3. The lowest BCUT2D eigenvalue weighted by Gasteiger charge is -2.38. The summed E-state index contributed by atoms with van der Waals surface area (Å²) in [6, 6.07) is 28.9. The number of rotatable bonds is 7. The zero-order valence-electron chi connectivity index (χ0n) is 20.8. The van der Waals surface area contributed by atoms with Crippen LogP contribution in [-0.2, 0) is 17.8 Å². The van der Waals surface area contributed by atoms with Gasteiger partial charge < -0.3 is 15.0 Å². The van der Waals surface area contributed by atoms with Crippen LogP contribution in [0.2, 0.25) is 0 Å². The SMILES string of the molecule is Cc1cccc([C@@H]2c3cc(OCC(=O)NCc4ccccn4)ccc3CCN2C(=O)c2ccccc2)c1. The van der Waals surface area contributed by atoms with Crippen LogP contribution in [0.15, 0.2) is 97.2 Å². The molecule has 4 aromatic rings. The van der Waals surface area contributed by atoms with E-state index in [4.69, 9.17) is 4.74 Å². The first-order chi connectivity index (χ1) is 18.1. The Hall–Kier alpha value is -4.45. The van der Waals surface area contributed by atoms with Crippen molar-refractivity contribution in [2.45, 2.75) is 25.9 Å². The molecule has 0 saturated heterocycles. The van der Waals surface area contributed by atoms with Gasteiger partial charge in [0, 0.05) is 18.3 Å². The second-order valence-electron chi connectivity index (χ2n) is 9.18. The van der Waals surface area contributed by atoms with Crippen molar-refractivity contribution in [3.8, 4) is 5.75 Å². The molecule has 0 saturated carbocycles. The minimum atomic E-state index is -0.252. The second-order valence-corrected chi connectivity index (χ2v) is 9.18. The van der Waals surface area contributed by atoms with Crippen molar-refractivity contribution in [3.05, 3.63) is 131 Å². The van der Waals surface area contributed by atoms with Gasteiger partial charge in [0.25, 0.3) is 11.8 Å². The Balaban J connectivity index is 1.38. The third-order valence-corrected chi connectivity index (χ3v) is 6.55. The third-order valence-electron chi connectivity index (χ3n) is 6.55. The second kappa shape index (κ2) is 11.1. The molecule has 0 radical (unpaired) electrons. The van der Waals surface area contributed by atoms with Crippen LogP contribution in [0.3, 0.4) is 0 Å². The molecule has 1 aliphatic rings. The van der Waals surface area contributed by atoms with E-state index in [2.05, 4.69) is 35.4 Å². The fourth-order valence-electron chi connectivity index (χ4n) is 4.74. The number of carbonyl (C=O) groups is 2. The summed E-state index contributed by atoms with van der Waals surface area (Å²) in [4.78, 5) is 32.1. The minimum absolute atomic E-state index is 0.00187. The molecule has 1 atom stereocenters. The summed E-state index contributed by atoms with van der Waals surface area (Å²) < 4.78 is 5.87. The van der Waals surface area contributed by atoms with Gasteiger partial charge in [-0.25, -0.2) is 0 Å². The Bertz CT molecular complexity index is 1390. The number of fused-ring (bicyclic) bond motifs is 1. The Labute approximate surface area is 216 Å². The quantitative estimate of drug-likeness (QED) is 0.400. The van der Waals surface area contributed by atoms with Gasteiger partial charge in [0.15, 0.2) is 6.61 Å². The molecule has 1 aliphatic heterocycles. The maximum Gasteiger partial charge on any atom is 0.258 e. The van der Waals surface area contributed by atoms with Gasteiger partial charge in [-0.15, -0.1) is 0 Å². The lowest BCUT2D eigenvalue weighted by Crippen LogP contribution is -2.40. The van der Waals surface area contributed by atoms with Crippen molar-refractivity contribution >= 4 is 11.8 Å². The summed E-state index contributed by atoms with van der Waals surface area (Å²) in [5.74, 6) is 0.371. The number of aromatic nitrogens is 1. The number of hydrogen-bond donors (Lipinski definition) is 1. The molecule has 1 aromatic heterocycles. The van der Waals surface area contributed by atoms with Gasteiger partial charge in [0.1, 0.15) is 5.75 Å². The Morgan fingerprint density at radius 2 is 1.81 bits per heavy atom. The standard InChI is InChI=1S/C31H29N3O3/c1-22-8-7-11-25(18-22)30-28-19-27(37-21-29(35)33-20-26-12-5-6-16-32-26)14-13-23(28)15-17-34(30)31(36)24-9-3-2-4-10-24/h2-14,16,18-19,30H,15,17,20-21H2,1H3,(H,33,35)/t30-/m1/s1. The molecule has 0 bridgehead atoms. The van der Waals surface area contributed by atoms with Crippen LogP contribution in [0.4, 0.5) is 0 Å². The fourth-order valence-corrected chi connectivity index (χ4v) is 4.74. The Morgan fingerprint density at radius 3 is 2.59 bits per heavy atom. The molecule has 2 heterocycles. The highest BCUT2D eigenvalue weighted by Crippen LogP contribution is 2.38. The van der Waals surface area contributed by atoms with Crippen molar-refractivity contribution in [1.29, 1.82) is 0 Å². The first-order valence-electron chi connectivity index (χ1n) is 12.4. The van der Waals surface area contributed by atoms with Crippen molar-refractivity contribution in [2.24, 2.45) is 0 Å². The van der Waals surface area contributed by atoms with Crippen LogP contribution in [0.25, 0.3) is 0 Å². The Morgan fingerprint density at radius 1 is 0.973 bits per heavy atom. The summed E-state index contributed by atoms with van der Waals surface area (Å²) in [6.07, 6.45) is 2.45. The van der Waals surface area contributed by atoms with E-state index >= 15 is 0 Å². The van der Waals surface area contributed by atoms with E-state index in [0.717, 1.165) is 28.8 Å². The molecule has 3 aromatic carbocycles. The number of hydrogen-bond acceptors (Lipinski definition) is 4. The number of aryl methyl sites for hydroxylation is 1. The third kappa shape index (κ3) is 5.70. The number of carbonyl (C=O) groups excluding carboxylic acids is 2. The molecule has 1 N–H and O–H groups in total. The summed E-state index contributed by atoms with van der Waals surface area (Å²) in [6.45, 7) is 2.92. The number of nitrogens with one attached hydrogen (secondary N) is 1. The molecule has 0 fully saturated rings. The van der Waals surface area contributed by atoms with Crippen LogP contribution in [0.5, 0.6) is 5.75 Å². The summed E-state index contributed by atoms with van der Waals surface area (Å²) in [5, 5.41) is 2.83. The van der Waals surface area contributed by atoms with E-state index in [1.807, 2.05) is 77.7 Å². The highest BCUT2D eigenvalue weighted by atomic mass is 16.5. The topological polar surface area (TPSA) is 71.5 Å². The van der Waals surface area contributed by atoms with Gasteiger partial charge in [-0.05, 0) is 66.4 Å². The van der Waals surface area contributed by atoms with E-state index < -0.39 is 0 Å². The van der Waals surface area contributed by atoms with Gasteiger partial charge in [-0.2, -0.15) is 0 Å². The number of benzene rings is 3. The van der Waals surface area contributed by atoms with Crippen LogP contribution in [0.1, 0.15) is 44.3 Å². The molecule has 0 spiro atoms. The van der Waals surface area contributed by atoms with Crippen molar-refractivity contribution in [2.75, 3.05) is 13.2 Å². The first kappa shape index (κ1) is 24.3. The lowest BCUT2D eigenvalue weighted by molar-refractivity contribution is -0.123. The van der Waals surface area contributed by atoms with E-state index in [1.54, 1.807) is 6.20 Å². The van der Waals surface area contributed by atoms with Crippen molar-refractivity contribution in [1.82, 2.24) is 15.2 Å². The molecule has 0 unspecified atom stereocenters. The normalized spacial score (nSPS) is 14.5. The lowest BCUT2D eigenvalue weighted by atomic mass is 9.87. The van der Waals surface area contributed by atoms with E-state index in [-0.39, 0.29) is 24.5 Å². The van der Waals surface area contributed by atoms with Gasteiger partial charge in [0.2, 0.25) is 0 Å². The van der Waals surface area contributed by atoms with E-state index in [9.17, 15) is 9.59 Å². The van der Waals surface area contributed by atoms with Gasteiger partial charge in [0.05, 0.1) is 18.3 Å². The van der Waals surface area contributed by atoms with Crippen molar-refractivity contribution in [3.63, 3.8) is 0 Å². The smallest absolute Gasteiger partial charge is 0.258 e. The van der Waals surface area contributed by atoms with Gasteiger partial charge in [-0.3, -0.25) is 14.6 Å². The molecule has 2 amide bonds. The van der Waals surface area contributed by atoms with Gasteiger partial charge in [-0.1, -0.05) is 60.2 Å². The predicted molar refractivity (Wildman–Crippen MR) is 142 cm³/mol. The summed E-state index contributed by atoms with van der Waals surface area (Å²) in [5.41, 5.74) is 5.83. The number of ether oxygens (including phenoxy) is 1. The monoisotopic (exact) mass is 491 g/mol. The van der Waals surface area contributed by atoms with Crippen LogP contribution in [0, 0.1) is 6.92 Å². The zero-order valence-corrected chi connectivity index (χ0v) is 20.8. The minimum Gasteiger partial charge on any atom is -0.484 e. The summed E-state index contributed by atoms with van der Waals surface area (Å²) in [7, 11) is 0. The zero-order chi connectivity index (χ0) is 25.6. The number of pyridine rings is 1. The predicted octanol–water partition coefficient (Wildman–Crippen LogP) is 4.87. The molecule has 37 heavy (non-hydrogen) atoms. The number of nitrogens with zero attached hydrogens (tertiary/aromatic N) is 2. The molecule has 5 rings (SSSR count). The molecule has 0 aliphatic carbocycles. The molecular weight excluding hydrogens is 462 g/mol. The van der Waals surface area contributed by atoms with Crippen LogP contribution < -0.4 is 10.1 Å². The molecule has 186 valence electrons. The molecule has 6 nitrogen and oxygen atoms in total. The maximum absolute atomic E-state index is 13.6. The Kier molecular flexibility index (Phi) is 7.26. The van der Waals surface area contributed by atoms with Crippen molar-refractivity contribution < 1.29 is 14.3 Å². The van der Waals surface area contributed by atoms with E-state index in [1.165, 1.54) is 5.56 Å². The first-order valence-corrected chi connectivity index (χ1v) is 12.4. The largest absolute Gasteiger partial charge is 0.484 e. The maximum atomic E-state index is 13.6. The van der Waals surface area contributed by atoms with Crippen LogP contribution >= 0.6 is 0 Å². The average Bonchev–Trinajstić information content (AvgIpc) is 2.95. The highest BCUT2D eigenvalue weighted by Gasteiger charge is 2.33. The van der Waals surface area contributed by atoms with Gasteiger partial charge >= 0.3 is 0 Å². The number of amides is 2. The van der Waals surface area contributed by atoms with E-state index in [0.29, 0.717) is 24.4 Å². The average molecular weight is 492 g/mol. The molecule has 6 heteroatoms. The highest BCUT2D eigenvalue weighted by molar-refractivity contribution is 5.95. The van der Waals surface area contributed by atoms with Crippen LogP contribution in [-0.4, -0.2) is 34.8 Å².